The molecule has 0 spiro atoms. The number of nitrogens with zero attached hydrogens (tertiary/aromatic N) is 1. The lowest BCUT2D eigenvalue weighted by Gasteiger charge is -2.12. The number of ether oxygens (including phenoxy) is 1. The molecule has 3 N–H and O–H groups in total. The van der Waals surface area contributed by atoms with Gasteiger partial charge in [0.05, 0.1) is 11.4 Å². The number of aromatic nitrogens is 1. The number of hydrogen-bond acceptors (Lipinski definition) is 7. The number of rotatable bonds is 13. The zero-order valence-electron chi connectivity index (χ0n) is 27.0. The fourth-order valence-electron chi connectivity index (χ4n) is 4.76. The van der Waals surface area contributed by atoms with Crippen LogP contribution >= 0.6 is 23.1 Å². The summed E-state index contributed by atoms with van der Waals surface area (Å²) < 4.78 is 19.2. The number of thiazole rings is 1. The molecule has 6 rings (SSSR count). The van der Waals surface area contributed by atoms with Gasteiger partial charge in [-0.05, 0) is 83.9 Å². The Morgan fingerprint density at radius 1 is 0.804 bits per heavy atom. The van der Waals surface area contributed by atoms with Crippen molar-refractivity contribution in [3.63, 3.8) is 0 Å². The van der Waals surface area contributed by atoms with Gasteiger partial charge in [-0.15, -0.1) is 23.1 Å². The molecule has 0 radical (unpaired) electrons. The molecule has 1 aromatic heterocycles. The van der Waals surface area contributed by atoms with Gasteiger partial charge in [0.2, 0.25) is 5.91 Å². The average Bonchev–Trinajstić information content (AvgIpc) is 3.63. The molecule has 6 aromatic rings. The van der Waals surface area contributed by atoms with E-state index in [1.165, 1.54) is 35.2 Å². The van der Waals surface area contributed by atoms with E-state index in [4.69, 9.17) is 4.74 Å². The van der Waals surface area contributed by atoms with Crippen LogP contribution in [0.5, 0.6) is 5.75 Å². The van der Waals surface area contributed by atoms with Crippen molar-refractivity contribution in [2.75, 3.05) is 16.4 Å². The first-order valence-corrected chi connectivity index (χ1v) is 17.6. The van der Waals surface area contributed by atoms with Gasteiger partial charge in [0.25, 0.3) is 11.8 Å². The number of amides is 3. The molecule has 0 bridgehead atoms. The SMILES string of the molecule is O=C(CSc1cccc(NC(=O)/C(=C/c2ccc(OCc3ccccc3)cc2)NC(=O)c2ccccc2)c1)Nc1nc(-c2ccc(F)cc2)cs1. The predicted octanol–water partition coefficient (Wildman–Crippen LogP) is 8.67. The Labute approximate surface area is 302 Å². The molecule has 0 atom stereocenters. The Morgan fingerprint density at radius 2 is 1.53 bits per heavy atom. The lowest BCUT2D eigenvalue weighted by molar-refractivity contribution is -0.114. The van der Waals surface area contributed by atoms with Gasteiger partial charge in [-0.1, -0.05) is 66.7 Å². The summed E-state index contributed by atoms with van der Waals surface area (Å²) in [6, 6.07) is 38.8. The predicted molar refractivity (Wildman–Crippen MR) is 201 cm³/mol. The highest BCUT2D eigenvalue weighted by Gasteiger charge is 2.16. The largest absolute Gasteiger partial charge is 0.489 e. The summed E-state index contributed by atoms with van der Waals surface area (Å²) in [4.78, 5) is 44.6. The zero-order chi connectivity index (χ0) is 35.4. The molecule has 0 aliphatic heterocycles. The number of halogens is 1. The van der Waals surface area contributed by atoms with Crippen LogP contribution in [0.15, 0.2) is 149 Å². The summed E-state index contributed by atoms with van der Waals surface area (Å²) >= 11 is 2.57. The summed E-state index contributed by atoms with van der Waals surface area (Å²) in [7, 11) is 0. The number of thioether (sulfide) groups is 1. The minimum Gasteiger partial charge on any atom is -0.489 e. The third-order valence-electron chi connectivity index (χ3n) is 7.32. The first-order valence-electron chi connectivity index (χ1n) is 15.8. The van der Waals surface area contributed by atoms with Crippen molar-refractivity contribution in [3.05, 3.63) is 167 Å². The molecule has 5 aromatic carbocycles. The maximum absolute atomic E-state index is 13.6. The number of nitrogens with one attached hydrogen (secondary N) is 3. The van der Waals surface area contributed by atoms with Crippen LogP contribution < -0.4 is 20.7 Å². The van der Waals surface area contributed by atoms with Gasteiger partial charge in [-0.2, -0.15) is 0 Å². The fraction of sp³-hybridized carbons (Fsp3) is 0.0500. The lowest BCUT2D eigenvalue weighted by Crippen LogP contribution is -2.30. The van der Waals surface area contributed by atoms with Crippen molar-refractivity contribution in [1.29, 1.82) is 0 Å². The second-order valence-corrected chi connectivity index (χ2v) is 13.0. The topological polar surface area (TPSA) is 109 Å². The Balaban J connectivity index is 1.09. The van der Waals surface area contributed by atoms with Crippen molar-refractivity contribution >= 4 is 57.7 Å². The molecular weight excluding hydrogens is 684 g/mol. The van der Waals surface area contributed by atoms with Gasteiger partial charge in [-0.3, -0.25) is 14.4 Å². The smallest absolute Gasteiger partial charge is 0.272 e. The first-order chi connectivity index (χ1) is 24.9. The van der Waals surface area contributed by atoms with Gasteiger partial charge >= 0.3 is 0 Å². The molecule has 8 nitrogen and oxygen atoms in total. The number of hydrogen-bond donors (Lipinski definition) is 3. The molecule has 0 fully saturated rings. The normalized spacial score (nSPS) is 11.0. The van der Waals surface area contributed by atoms with Gasteiger partial charge in [0.1, 0.15) is 23.9 Å². The second-order valence-electron chi connectivity index (χ2n) is 11.1. The van der Waals surface area contributed by atoms with Crippen LogP contribution in [0.1, 0.15) is 21.5 Å². The fourth-order valence-corrected chi connectivity index (χ4v) is 6.25. The van der Waals surface area contributed by atoms with Crippen molar-refractivity contribution < 1.29 is 23.5 Å². The van der Waals surface area contributed by atoms with Crippen LogP contribution in [-0.4, -0.2) is 28.5 Å². The van der Waals surface area contributed by atoms with Crippen LogP contribution in [-0.2, 0) is 16.2 Å². The van der Waals surface area contributed by atoms with Crippen molar-refractivity contribution in [2.24, 2.45) is 0 Å². The van der Waals surface area contributed by atoms with Gasteiger partial charge in [0, 0.05) is 27.1 Å². The molecule has 0 aliphatic rings. The van der Waals surface area contributed by atoms with Crippen LogP contribution in [0.3, 0.4) is 0 Å². The van der Waals surface area contributed by atoms with E-state index in [2.05, 4.69) is 20.9 Å². The van der Waals surface area contributed by atoms with Crippen molar-refractivity contribution in [1.82, 2.24) is 10.3 Å². The molecule has 254 valence electrons. The molecule has 3 amide bonds. The molecule has 1 heterocycles. The van der Waals surface area contributed by atoms with Gasteiger partial charge in [-0.25, -0.2) is 9.37 Å². The van der Waals surface area contributed by atoms with E-state index in [1.807, 2.05) is 36.4 Å². The number of carbonyl (C=O) groups is 3. The minimum absolute atomic E-state index is 0.0442. The Hall–Kier alpha value is -6.04. The van der Waals surface area contributed by atoms with Crippen LogP contribution in [0, 0.1) is 5.82 Å². The zero-order valence-corrected chi connectivity index (χ0v) is 28.7. The molecule has 0 saturated heterocycles. The molecular formula is C40H31FN4O4S2. The van der Waals surface area contributed by atoms with Crippen LogP contribution in [0.25, 0.3) is 17.3 Å². The molecule has 51 heavy (non-hydrogen) atoms. The van der Waals surface area contributed by atoms with E-state index >= 15 is 0 Å². The van der Waals surface area contributed by atoms with E-state index in [1.54, 1.807) is 96.4 Å². The molecule has 0 saturated carbocycles. The monoisotopic (exact) mass is 714 g/mol. The van der Waals surface area contributed by atoms with E-state index in [0.717, 1.165) is 16.0 Å². The van der Waals surface area contributed by atoms with E-state index in [-0.39, 0.29) is 23.2 Å². The highest BCUT2D eigenvalue weighted by atomic mass is 32.2. The van der Waals surface area contributed by atoms with Gasteiger partial charge < -0.3 is 20.7 Å². The number of carbonyl (C=O) groups excluding carboxylic acids is 3. The summed E-state index contributed by atoms with van der Waals surface area (Å²) in [5.74, 6) is -0.766. The minimum atomic E-state index is -0.524. The Kier molecular flexibility index (Phi) is 11.6. The Morgan fingerprint density at radius 3 is 2.27 bits per heavy atom. The van der Waals surface area contributed by atoms with Gasteiger partial charge in [0.15, 0.2) is 5.13 Å². The third kappa shape index (κ3) is 10.2. The summed E-state index contributed by atoms with van der Waals surface area (Å²) in [5.41, 5.74) is 4.05. The summed E-state index contributed by atoms with van der Waals surface area (Å²) in [6.45, 7) is 0.421. The lowest BCUT2D eigenvalue weighted by atomic mass is 10.1. The van der Waals surface area contributed by atoms with Crippen molar-refractivity contribution in [3.8, 4) is 17.0 Å². The molecule has 0 unspecified atom stereocenters. The highest BCUT2D eigenvalue weighted by Crippen LogP contribution is 2.27. The van der Waals surface area contributed by atoms with Crippen LogP contribution in [0.2, 0.25) is 0 Å². The summed E-state index contributed by atoms with van der Waals surface area (Å²) in [6.07, 6.45) is 1.60. The Bertz CT molecular complexity index is 2140. The van der Waals surface area contributed by atoms with Crippen LogP contribution in [0.4, 0.5) is 15.2 Å². The maximum Gasteiger partial charge on any atom is 0.272 e. The molecule has 0 aliphatic carbocycles. The average molecular weight is 715 g/mol. The van der Waals surface area contributed by atoms with E-state index in [0.29, 0.717) is 40.0 Å². The second kappa shape index (κ2) is 17.1. The molecule has 11 heteroatoms. The van der Waals surface area contributed by atoms with E-state index < -0.39 is 11.8 Å². The van der Waals surface area contributed by atoms with E-state index in [9.17, 15) is 18.8 Å². The third-order valence-corrected chi connectivity index (χ3v) is 9.07. The maximum atomic E-state index is 13.6. The highest BCUT2D eigenvalue weighted by molar-refractivity contribution is 8.00. The quantitative estimate of drug-likeness (QED) is 0.0816. The number of benzene rings is 5. The standard InChI is InChI=1S/C40H31FN4O4S2/c41-31-18-16-29(17-19-31)36-25-51-40(44-36)45-37(46)26-50-34-13-7-12-32(23-34)42-39(48)35(43-38(47)30-10-5-2-6-11-30)22-27-14-20-33(21-15-27)49-24-28-8-3-1-4-9-28/h1-23,25H,24,26H2,(H,42,48)(H,43,47)(H,44,45,46)/b35-22-. The van der Waals surface area contributed by atoms with Crippen molar-refractivity contribution in [2.45, 2.75) is 11.5 Å². The first kappa shape index (κ1) is 34.8. The number of anilines is 2. The summed E-state index contributed by atoms with van der Waals surface area (Å²) in [5, 5.41) is 10.6.